The molecule has 2 N–H and O–H groups in total. The fourth-order valence-electron chi connectivity index (χ4n) is 2.31. The highest BCUT2D eigenvalue weighted by Crippen LogP contribution is 2.29. The number of hydrogen-bond donors (Lipinski definition) is 2. The molecule has 0 aliphatic carbocycles. The number of hydrogen-bond acceptors (Lipinski definition) is 3. The lowest BCUT2D eigenvalue weighted by Crippen LogP contribution is -2.12. The summed E-state index contributed by atoms with van der Waals surface area (Å²) in [5.74, 6) is -0.445. The van der Waals surface area contributed by atoms with E-state index < -0.39 is 17.0 Å². The molecule has 0 saturated heterocycles. The van der Waals surface area contributed by atoms with Gasteiger partial charge in [0, 0.05) is 17.4 Å². The van der Waals surface area contributed by atoms with Crippen molar-refractivity contribution in [2.24, 2.45) is 0 Å². The number of aromatic nitrogens is 1. The van der Waals surface area contributed by atoms with Crippen molar-refractivity contribution in [3.63, 3.8) is 0 Å². The van der Waals surface area contributed by atoms with Gasteiger partial charge in [-0.1, -0.05) is 29.3 Å². The Morgan fingerprint density at radius 1 is 1.04 bits per heavy atom. The highest BCUT2D eigenvalue weighted by Gasteiger charge is 2.14. The molecule has 1 unspecified atom stereocenters. The van der Waals surface area contributed by atoms with Gasteiger partial charge in [-0.05, 0) is 48.5 Å². The van der Waals surface area contributed by atoms with Crippen LogP contribution >= 0.6 is 23.2 Å². The summed E-state index contributed by atoms with van der Waals surface area (Å²) in [6.07, 6.45) is 1.66. The molecule has 2 aromatic carbocycles. The molecule has 1 heterocycles. The normalized spacial score (nSPS) is 11.8. The molecule has 8 heteroatoms. The van der Waals surface area contributed by atoms with Crippen molar-refractivity contribution in [3.05, 3.63) is 76.4 Å². The molecule has 1 amide bonds. The Hall–Kier alpha value is -2.25. The van der Waals surface area contributed by atoms with Crippen LogP contribution in [0.5, 0.6) is 0 Å². The minimum atomic E-state index is -2.16. The van der Waals surface area contributed by atoms with Gasteiger partial charge in [-0.3, -0.25) is 9.78 Å². The summed E-state index contributed by atoms with van der Waals surface area (Å²) in [4.78, 5) is 16.8. The Morgan fingerprint density at radius 2 is 1.85 bits per heavy atom. The first-order chi connectivity index (χ1) is 12.5. The molecule has 26 heavy (non-hydrogen) atoms. The molecule has 5 nitrogen and oxygen atoms in total. The van der Waals surface area contributed by atoms with Crippen molar-refractivity contribution in [1.29, 1.82) is 0 Å². The molecule has 3 aromatic rings. The molecular weight excluding hydrogens is 395 g/mol. The van der Waals surface area contributed by atoms with E-state index in [1.54, 1.807) is 30.5 Å². The van der Waals surface area contributed by atoms with Gasteiger partial charge in [0.05, 0.1) is 26.2 Å². The Morgan fingerprint density at radius 3 is 2.50 bits per heavy atom. The quantitative estimate of drug-likeness (QED) is 0.604. The maximum atomic E-state index is 12.5. The predicted octanol–water partition coefficient (Wildman–Crippen LogP) is 4.89. The topological polar surface area (TPSA) is 79.3 Å². The van der Waals surface area contributed by atoms with E-state index in [-0.39, 0.29) is 15.5 Å². The first-order valence-electron chi connectivity index (χ1n) is 7.38. The third-order valence-electron chi connectivity index (χ3n) is 3.55. The minimum absolute atomic E-state index is 0.0845. The number of rotatable bonds is 4. The molecule has 1 atom stereocenters. The number of pyridine rings is 1. The second-order valence-electron chi connectivity index (χ2n) is 5.25. The minimum Gasteiger partial charge on any atom is -0.322 e. The number of carbonyl (C=O) groups is 1. The van der Waals surface area contributed by atoms with Gasteiger partial charge in [0.1, 0.15) is 0 Å². The van der Waals surface area contributed by atoms with Crippen LogP contribution in [-0.2, 0) is 11.1 Å². The van der Waals surface area contributed by atoms with Crippen LogP contribution in [-0.4, -0.2) is 19.7 Å². The summed E-state index contributed by atoms with van der Waals surface area (Å²) in [6, 6.07) is 14.6. The van der Waals surface area contributed by atoms with E-state index in [9.17, 15) is 9.00 Å². The molecule has 1 aromatic heterocycles. The molecule has 0 aliphatic heterocycles. The van der Waals surface area contributed by atoms with E-state index in [2.05, 4.69) is 10.3 Å². The fourth-order valence-corrected chi connectivity index (χ4v) is 3.26. The van der Waals surface area contributed by atoms with Crippen molar-refractivity contribution < 1.29 is 13.6 Å². The first-order valence-corrected chi connectivity index (χ1v) is 9.24. The summed E-state index contributed by atoms with van der Waals surface area (Å²) < 4.78 is 20.1. The van der Waals surface area contributed by atoms with Crippen LogP contribution in [0.1, 0.15) is 10.4 Å². The lowest BCUT2D eigenvalue weighted by atomic mass is 10.1. The van der Waals surface area contributed by atoms with Crippen molar-refractivity contribution in [1.82, 2.24) is 4.98 Å². The first kappa shape index (κ1) is 18.5. The summed E-state index contributed by atoms with van der Waals surface area (Å²) in [6.45, 7) is 0. The Labute approximate surface area is 162 Å². The van der Waals surface area contributed by atoms with Gasteiger partial charge in [-0.25, -0.2) is 4.21 Å². The number of amides is 1. The maximum absolute atomic E-state index is 12.5. The third kappa shape index (κ3) is 4.11. The predicted molar refractivity (Wildman–Crippen MR) is 103 cm³/mol. The van der Waals surface area contributed by atoms with Crippen LogP contribution in [0.15, 0.2) is 65.7 Å². The molecule has 0 fully saturated rings. The Balaban J connectivity index is 1.88. The second kappa shape index (κ2) is 7.97. The monoisotopic (exact) mass is 406 g/mol. The zero-order chi connectivity index (χ0) is 18.7. The van der Waals surface area contributed by atoms with Crippen molar-refractivity contribution in [2.75, 3.05) is 5.32 Å². The van der Waals surface area contributed by atoms with Gasteiger partial charge in [-0.2, -0.15) is 0 Å². The van der Waals surface area contributed by atoms with E-state index >= 15 is 0 Å². The Kier molecular flexibility index (Phi) is 5.68. The van der Waals surface area contributed by atoms with Gasteiger partial charge in [0.25, 0.3) is 5.91 Å². The fraction of sp³-hybridized carbons (Fsp3) is 0. The Bertz CT molecular complexity index is 997. The van der Waals surface area contributed by atoms with Crippen LogP contribution in [0.25, 0.3) is 11.3 Å². The van der Waals surface area contributed by atoms with E-state index in [1.165, 1.54) is 18.2 Å². The highest BCUT2D eigenvalue weighted by molar-refractivity contribution is 7.79. The summed E-state index contributed by atoms with van der Waals surface area (Å²) in [5, 5.41) is 3.33. The van der Waals surface area contributed by atoms with Crippen LogP contribution in [0, 0.1) is 0 Å². The van der Waals surface area contributed by atoms with Crippen molar-refractivity contribution in [3.8, 4) is 11.3 Å². The molecule has 3 rings (SSSR count). The average molecular weight is 407 g/mol. The number of anilines is 1. The summed E-state index contributed by atoms with van der Waals surface area (Å²) >= 11 is 10.1. The molecule has 0 saturated carbocycles. The zero-order valence-electron chi connectivity index (χ0n) is 13.1. The van der Waals surface area contributed by atoms with E-state index in [1.807, 2.05) is 12.1 Å². The van der Waals surface area contributed by atoms with Gasteiger partial charge >= 0.3 is 0 Å². The third-order valence-corrected chi connectivity index (χ3v) is 4.85. The molecular formula is C18H12Cl2N2O3S. The van der Waals surface area contributed by atoms with Gasteiger partial charge in [0.15, 0.2) is 11.1 Å². The summed E-state index contributed by atoms with van der Waals surface area (Å²) in [7, 11) is 0. The standard InChI is InChI=1S/C18H12Cl2N2O3S/c19-15-7-4-11(9-14(15)17-3-1-2-8-21-17)22-18(23)13-6-5-12(26(24)25)10-16(13)20/h1-10H,(H,22,23)(H,24,25). The number of nitrogens with one attached hydrogen (secondary N) is 1. The van der Waals surface area contributed by atoms with Crippen LogP contribution < -0.4 is 5.32 Å². The van der Waals surface area contributed by atoms with Gasteiger partial charge in [0.2, 0.25) is 0 Å². The van der Waals surface area contributed by atoms with Crippen LogP contribution in [0.3, 0.4) is 0 Å². The molecule has 0 bridgehead atoms. The van der Waals surface area contributed by atoms with Crippen molar-refractivity contribution in [2.45, 2.75) is 4.90 Å². The van der Waals surface area contributed by atoms with Crippen LogP contribution in [0.2, 0.25) is 10.0 Å². The molecule has 132 valence electrons. The van der Waals surface area contributed by atoms with Gasteiger partial charge in [-0.15, -0.1) is 0 Å². The van der Waals surface area contributed by atoms with Crippen LogP contribution in [0.4, 0.5) is 5.69 Å². The average Bonchev–Trinajstić information content (AvgIpc) is 2.63. The molecule has 0 spiro atoms. The molecule has 0 radical (unpaired) electrons. The number of benzene rings is 2. The lowest BCUT2D eigenvalue weighted by Gasteiger charge is -2.10. The smallest absolute Gasteiger partial charge is 0.257 e. The highest BCUT2D eigenvalue weighted by atomic mass is 35.5. The SMILES string of the molecule is O=C(Nc1ccc(Cl)c(-c2ccccn2)c1)c1ccc(S(=O)O)cc1Cl. The number of carbonyl (C=O) groups excluding carboxylic acids is 1. The summed E-state index contributed by atoms with van der Waals surface area (Å²) in [5.41, 5.74) is 2.07. The number of halogens is 2. The zero-order valence-corrected chi connectivity index (χ0v) is 15.5. The van der Waals surface area contributed by atoms with E-state index in [0.717, 1.165) is 0 Å². The van der Waals surface area contributed by atoms with Crippen molar-refractivity contribution >= 4 is 45.9 Å². The number of nitrogens with zero attached hydrogens (tertiary/aromatic N) is 1. The second-order valence-corrected chi connectivity index (χ2v) is 7.04. The lowest BCUT2D eigenvalue weighted by molar-refractivity contribution is 0.102. The van der Waals surface area contributed by atoms with E-state index in [0.29, 0.717) is 22.0 Å². The van der Waals surface area contributed by atoms with E-state index in [4.69, 9.17) is 27.8 Å². The molecule has 0 aliphatic rings. The largest absolute Gasteiger partial charge is 0.322 e. The maximum Gasteiger partial charge on any atom is 0.257 e. The van der Waals surface area contributed by atoms with Gasteiger partial charge < -0.3 is 9.87 Å².